The predicted molar refractivity (Wildman–Crippen MR) is 130 cm³/mol. The number of hydrogen-bond acceptors (Lipinski definition) is 3. The molecular formula is C28H21N3O. The van der Waals surface area contributed by atoms with Crippen molar-refractivity contribution in [2.45, 2.75) is 6.42 Å². The van der Waals surface area contributed by atoms with Gasteiger partial charge < -0.3 is 4.98 Å². The van der Waals surface area contributed by atoms with E-state index in [4.69, 9.17) is 4.98 Å². The third-order valence-electron chi connectivity index (χ3n) is 5.31. The Bertz CT molecular complexity index is 1460. The number of fused-ring (bicyclic) bond motifs is 1. The maximum atomic E-state index is 12.7. The van der Waals surface area contributed by atoms with Crippen LogP contribution in [-0.2, 0) is 6.42 Å². The molecule has 0 saturated carbocycles. The summed E-state index contributed by atoms with van der Waals surface area (Å²) in [6.07, 6.45) is 6.46. The van der Waals surface area contributed by atoms with Gasteiger partial charge in [-0.05, 0) is 47.5 Å². The van der Waals surface area contributed by atoms with Gasteiger partial charge in [-0.3, -0.25) is 9.78 Å². The highest BCUT2D eigenvalue weighted by atomic mass is 16.1. The van der Waals surface area contributed by atoms with Gasteiger partial charge in [0.1, 0.15) is 5.65 Å². The van der Waals surface area contributed by atoms with E-state index in [1.165, 1.54) is 0 Å². The van der Waals surface area contributed by atoms with Crippen molar-refractivity contribution in [1.29, 1.82) is 0 Å². The second kappa shape index (κ2) is 8.82. The summed E-state index contributed by atoms with van der Waals surface area (Å²) in [6, 6.07) is 29.4. The van der Waals surface area contributed by atoms with E-state index in [1.54, 1.807) is 12.3 Å². The molecule has 0 fully saturated rings. The van der Waals surface area contributed by atoms with E-state index in [-0.39, 0.29) is 5.43 Å². The van der Waals surface area contributed by atoms with E-state index < -0.39 is 0 Å². The zero-order valence-corrected chi connectivity index (χ0v) is 17.4. The van der Waals surface area contributed by atoms with Gasteiger partial charge in [-0.2, -0.15) is 0 Å². The van der Waals surface area contributed by atoms with Crippen molar-refractivity contribution >= 4 is 23.2 Å². The molecule has 0 unspecified atom stereocenters. The Morgan fingerprint density at radius 3 is 2.41 bits per heavy atom. The minimum atomic E-state index is -0.0486. The van der Waals surface area contributed by atoms with E-state index >= 15 is 0 Å². The molecule has 3 heterocycles. The van der Waals surface area contributed by atoms with E-state index in [0.29, 0.717) is 17.5 Å². The zero-order chi connectivity index (χ0) is 21.8. The summed E-state index contributed by atoms with van der Waals surface area (Å²) >= 11 is 0. The van der Waals surface area contributed by atoms with Crippen LogP contribution in [0.3, 0.4) is 0 Å². The second-order valence-corrected chi connectivity index (χ2v) is 7.62. The number of rotatable bonds is 5. The Morgan fingerprint density at radius 1 is 0.812 bits per heavy atom. The maximum absolute atomic E-state index is 12.7. The highest BCUT2D eigenvalue weighted by molar-refractivity contribution is 5.83. The van der Waals surface area contributed by atoms with Crippen LogP contribution in [0.15, 0.2) is 102 Å². The molecule has 0 atom stereocenters. The molecule has 4 heteroatoms. The Morgan fingerprint density at radius 2 is 1.59 bits per heavy atom. The molecule has 0 amide bonds. The van der Waals surface area contributed by atoms with E-state index in [9.17, 15) is 4.79 Å². The molecule has 154 valence electrons. The van der Waals surface area contributed by atoms with Crippen LogP contribution in [0, 0.1) is 0 Å². The standard InChI is InChI=1S/C28H21N3O/c32-27-14-13-24(17-21-9-5-2-6-10-21)30-28-25(27)19-26(31-28)22-15-16-29-23(18-22)12-11-20-7-3-1-4-8-20/h1-16,18-19,31H,17H2/b12-11+. The van der Waals surface area contributed by atoms with Crippen LogP contribution in [0.5, 0.6) is 0 Å². The van der Waals surface area contributed by atoms with E-state index in [1.807, 2.05) is 84.9 Å². The van der Waals surface area contributed by atoms with Gasteiger partial charge in [-0.1, -0.05) is 66.7 Å². The van der Waals surface area contributed by atoms with Crippen LogP contribution in [0.25, 0.3) is 34.4 Å². The second-order valence-electron chi connectivity index (χ2n) is 7.62. The Balaban J connectivity index is 1.49. The van der Waals surface area contributed by atoms with Gasteiger partial charge in [0.25, 0.3) is 0 Å². The number of H-pyrrole nitrogens is 1. The lowest BCUT2D eigenvalue weighted by Gasteiger charge is -2.00. The molecule has 3 aromatic heterocycles. The van der Waals surface area contributed by atoms with Crippen molar-refractivity contribution in [2.75, 3.05) is 0 Å². The summed E-state index contributed by atoms with van der Waals surface area (Å²) in [7, 11) is 0. The number of pyridine rings is 1. The highest BCUT2D eigenvalue weighted by Crippen LogP contribution is 2.22. The minimum Gasteiger partial charge on any atom is -0.339 e. The highest BCUT2D eigenvalue weighted by Gasteiger charge is 2.08. The Labute approximate surface area is 186 Å². The first-order valence-corrected chi connectivity index (χ1v) is 10.5. The fourth-order valence-corrected chi connectivity index (χ4v) is 3.67. The lowest BCUT2D eigenvalue weighted by Crippen LogP contribution is -1.92. The van der Waals surface area contributed by atoms with Crippen molar-refractivity contribution in [3.05, 3.63) is 130 Å². The number of nitrogens with one attached hydrogen (secondary N) is 1. The first-order valence-electron chi connectivity index (χ1n) is 10.5. The summed E-state index contributed by atoms with van der Waals surface area (Å²) in [5, 5.41) is 0.581. The average Bonchev–Trinajstić information content (AvgIpc) is 3.20. The van der Waals surface area contributed by atoms with Crippen LogP contribution in [0.2, 0.25) is 0 Å². The summed E-state index contributed by atoms with van der Waals surface area (Å²) in [4.78, 5) is 25.2. The summed E-state index contributed by atoms with van der Waals surface area (Å²) in [5.41, 5.74) is 6.31. The largest absolute Gasteiger partial charge is 0.339 e. The Hall–Kier alpha value is -4.31. The normalized spacial score (nSPS) is 11.2. The van der Waals surface area contributed by atoms with Crippen molar-refractivity contribution < 1.29 is 0 Å². The van der Waals surface area contributed by atoms with E-state index in [0.717, 1.165) is 33.8 Å². The first-order chi connectivity index (χ1) is 15.7. The van der Waals surface area contributed by atoms with Crippen molar-refractivity contribution in [2.24, 2.45) is 0 Å². The topological polar surface area (TPSA) is 58.6 Å². The fraction of sp³-hybridized carbons (Fsp3) is 0.0357. The molecule has 5 aromatic rings. The quantitative estimate of drug-likeness (QED) is 0.398. The molecular weight excluding hydrogens is 394 g/mol. The number of hydrogen-bond donors (Lipinski definition) is 1. The molecule has 0 aliphatic heterocycles. The summed E-state index contributed by atoms with van der Waals surface area (Å²) in [6.45, 7) is 0. The average molecular weight is 415 g/mol. The fourth-order valence-electron chi connectivity index (χ4n) is 3.67. The lowest BCUT2D eigenvalue weighted by molar-refractivity contribution is 1.10. The van der Waals surface area contributed by atoms with Gasteiger partial charge in [0.15, 0.2) is 5.43 Å². The number of aromatic nitrogens is 3. The lowest BCUT2D eigenvalue weighted by atomic mass is 10.1. The van der Waals surface area contributed by atoms with Gasteiger partial charge >= 0.3 is 0 Å². The Kier molecular flexibility index (Phi) is 5.41. The number of benzene rings is 2. The molecule has 0 saturated heterocycles. The van der Waals surface area contributed by atoms with E-state index in [2.05, 4.69) is 22.1 Å². The van der Waals surface area contributed by atoms with Crippen LogP contribution in [-0.4, -0.2) is 15.0 Å². The van der Waals surface area contributed by atoms with Crippen molar-refractivity contribution in [3.8, 4) is 11.3 Å². The molecule has 0 spiro atoms. The number of nitrogens with zero attached hydrogens (tertiary/aromatic N) is 2. The third kappa shape index (κ3) is 4.40. The molecule has 0 aliphatic carbocycles. The van der Waals surface area contributed by atoms with Gasteiger partial charge in [0, 0.05) is 29.6 Å². The minimum absolute atomic E-state index is 0.0486. The SMILES string of the molecule is O=c1ccc(Cc2ccccc2)nc2[nH]c(-c3ccnc(/C=C/c4ccccc4)c3)cc12. The molecule has 0 bridgehead atoms. The molecule has 32 heavy (non-hydrogen) atoms. The zero-order valence-electron chi connectivity index (χ0n) is 17.4. The third-order valence-corrected chi connectivity index (χ3v) is 5.31. The van der Waals surface area contributed by atoms with Crippen LogP contribution in [0.1, 0.15) is 22.5 Å². The van der Waals surface area contributed by atoms with Crippen molar-refractivity contribution in [3.63, 3.8) is 0 Å². The first kappa shape index (κ1) is 19.6. The van der Waals surface area contributed by atoms with Crippen LogP contribution in [0.4, 0.5) is 0 Å². The smallest absolute Gasteiger partial charge is 0.189 e. The predicted octanol–water partition coefficient (Wildman–Crippen LogP) is 5.75. The van der Waals surface area contributed by atoms with Gasteiger partial charge in [0.2, 0.25) is 0 Å². The summed E-state index contributed by atoms with van der Waals surface area (Å²) < 4.78 is 0. The maximum Gasteiger partial charge on any atom is 0.189 e. The molecule has 5 rings (SSSR count). The summed E-state index contributed by atoms with van der Waals surface area (Å²) in [5.74, 6) is 0. The molecule has 0 radical (unpaired) electrons. The monoisotopic (exact) mass is 415 g/mol. The van der Waals surface area contributed by atoms with Gasteiger partial charge in [-0.25, -0.2) is 4.98 Å². The van der Waals surface area contributed by atoms with Crippen LogP contribution < -0.4 is 5.43 Å². The molecule has 0 aliphatic rings. The number of aromatic amines is 1. The van der Waals surface area contributed by atoms with Gasteiger partial charge in [0.05, 0.1) is 11.1 Å². The van der Waals surface area contributed by atoms with Crippen molar-refractivity contribution in [1.82, 2.24) is 15.0 Å². The molecule has 2 aromatic carbocycles. The van der Waals surface area contributed by atoms with Crippen LogP contribution >= 0.6 is 0 Å². The molecule has 4 nitrogen and oxygen atoms in total. The van der Waals surface area contributed by atoms with Gasteiger partial charge in [-0.15, -0.1) is 0 Å². The molecule has 1 N–H and O–H groups in total.